The number of urea groups is 1. The zero-order valence-corrected chi connectivity index (χ0v) is 20.5. The van der Waals surface area contributed by atoms with Gasteiger partial charge in [0.2, 0.25) is 0 Å². The summed E-state index contributed by atoms with van der Waals surface area (Å²) < 4.78 is 5.70. The third-order valence-corrected chi connectivity index (χ3v) is 7.02. The molecule has 2 aliphatic rings. The molecule has 0 bridgehead atoms. The highest BCUT2D eigenvalue weighted by molar-refractivity contribution is 14.1. The van der Waals surface area contributed by atoms with Gasteiger partial charge in [-0.3, -0.25) is 14.9 Å². The van der Waals surface area contributed by atoms with Crippen molar-refractivity contribution in [2.75, 3.05) is 18.1 Å². The van der Waals surface area contributed by atoms with Gasteiger partial charge in [0.25, 0.3) is 11.8 Å². The van der Waals surface area contributed by atoms with Gasteiger partial charge in [0.05, 0.1) is 24.9 Å². The number of imide groups is 1. The van der Waals surface area contributed by atoms with Crippen LogP contribution >= 0.6 is 22.6 Å². The van der Waals surface area contributed by atoms with E-state index in [9.17, 15) is 14.4 Å². The van der Waals surface area contributed by atoms with Gasteiger partial charge in [-0.15, -0.1) is 0 Å². The Hall–Kier alpha value is -3.47. The molecule has 2 aliphatic heterocycles. The van der Waals surface area contributed by atoms with Crippen molar-refractivity contribution in [1.29, 1.82) is 0 Å². The van der Waals surface area contributed by atoms with Gasteiger partial charge in [-0.1, -0.05) is 52.9 Å². The molecule has 2 N–H and O–H groups in total. The van der Waals surface area contributed by atoms with Gasteiger partial charge in [0, 0.05) is 21.9 Å². The Morgan fingerprint density at radius 1 is 1.18 bits per heavy atom. The van der Waals surface area contributed by atoms with Gasteiger partial charge in [0.15, 0.2) is 5.54 Å². The molecule has 9 heteroatoms. The van der Waals surface area contributed by atoms with E-state index in [0.717, 1.165) is 16.5 Å². The molecule has 5 rings (SSSR count). The molecule has 0 unspecified atom stereocenters. The van der Waals surface area contributed by atoms with E-state index in [4.69, 9.17) is 4.74 Å². The molecular formula is C25H21IN4O4. The number of para-hydroxylation sites is 1. The van der Waals surface area contributed by atoms with Gasteiger partial charge in [-0.25, -0.2) is 9.78 Å². The molecule has 1 atom stereocenters. The molecule has 3 heterocycles. The number of carbonyl (C=O) groups excluding carboxylic acids is 3. The number of nitrogens with zero attached hydrogens (tertiary/aromatic N) is 2. The quantitative estimate of drug-likeness (QED) is 0.270. The molecule has 1 aromatic heterocycles. The van der Waals surface area contributed by atoms with Crippen LogP contribution in [0.15, 0.2) is 60.2 Å². The predicted octanol–water partition coefficient (Wildman–Crippen LogP) is 3.30. The first-order valence-corrected chi connectivity index (χ1v) is 12.2. The van der Waals surface area contributed by atoms with Crippen LogP contribution in [0.4, 0.5) is 4.79 Å². The fraction of sp³-hybridized carbons (Fsp3) is 0.200. The summed E-state index contributed by atoms with van der Waals surface area (Å²) in [5.41, 5.74) is 2.14. The lowest BCUT2D eigenvalue weighted by atomic mass is 9.89. The van der Waals surface area contributed by atoms with E-state index < -0.39 is 17.5 Å². The molecule has 0 radical (unpaired) electrons. The van der Waals surface area contributed by atoms with Crippen LogP contribution in [0.3, 0.4) is 0 Å². The van der Waals surface area contributed by atoms with E-state index >= 15 is 0 Å². The Bertz CT molecular complexity index is 1370. The zero-order chi connectivity index (χ0) is 23.9. The normalized spacial score (nSPS) is 19.9. The van der Waals surface area contributed by atoms with E-state index in [2.05, 4.69) is 38.2 Å². The Kier molecular flexibility index (Phi) is 5.72. The molecule has 0 saturated carbocycles. The van der Waals surface area contributed by atoms with E-state index in [0.29, 0.717) is 33.6 Å². The van der Waals surface area contributed by atoms with E-state index in [1.165, 1.54) is 0 Å². The maximum absolute atomic E-state index is 13.2. The summed E-state index contributed by atoms with van der Waals surface area (Å²) in [5.74, 6) is -0.104. The Labute approximate surface area is 209 Å². The topological polar surface area (TPSA) is 101 Å². The van der Waals surface area contributed by atoms with Crippen LogP contribution < -0.4 is 15.4 Å². The van der Waals surface area contributed by atoms with Gasteiger partial charge in [-0.05, 0) is 41.5 Å². The maximum atomic E-state index is 13.2. The average Bonchev–Trinajstić information content (AvgIpc) is 3.31. The summed E-state index contributed by atoms with van der Waals surface area (Å²) >= 11 is 2.16. The number of fused-ring (bicyclic) bond motifs is 2. The molecule has 1 saturated heterocycles. The molecule has 0 aliphatic carbocycles. The smallest absolute Gasteiger partial charge is 0.322 e. The molecule has 2 aromatic carbocycles. The highest BCUT2D eigenvalue weighted by Gasteiger charge is 2.51. The number of halogens is 1. The number of methoxy groups -OCH3 is 1. The molecule has 3 aromatic rings. The number of benzene rings is 2. The molecular weight excluding hydrogens is 547 g/mol. The molecule has 172 valence electrons. The number of hydrogen-bond donors (Lipinski definition) is 2. The lowest BCUT2D eigenvalue weighted by Gasteiger charge is -2.32. The average molecular weight is 568 g/mol. The van der Waals surface area contributed by atoms with Crippen molar-refractivity contribution in [2.24, 2.45) is 0 Å². The lowest BCUT2D eigenvalue weighted by molar-refractivity contribution is -0.123. The number of rotatable bonds is 6. The van der Waals surface area contributed by atoms with Crippen molar-refractivity contribution in [3.05, 3.63) is 77.0 Å². The first-order chi connectivity index (χ1) is 16.4. The number of aromatic nitrogens is 1. The van der Waals surface area contributed by atoms with Crippen LogP contribution in [0, 0.1) is 0 Å². The number of amides is 4. The van der Waals surface area contributed by atoms with Crippen molar-refractivity contribution in [3.8, 4) is 5.75 Å². The fourth-order valence-electron chi connectivity index (χ4n) is 4.43. The van der Waals surface area contributed by atoms with Crippen molar-refractivity contribution in [1.82, 2.24) is 20.5 Å². The zero-order valence-electron chi connectivity index (χ0n) is 18.3. The molecule has 34 heavy (non-hydrogen) atoms. The second kappa shape index (κ2) is 8.71. The van der Waals surface area contributed by atoms with Crippen LogP contribution in [-0.4, -0.2) is 51.4 Å². The third-order valence-electron chi connectivity index (χ3n) is 6.20. The number of alkyl halides is 1. The highest BCUT2D eigenvalue weighted by atomic mass is 127. The van der Waals surface area contributed by atoms with Crippen LogP contribution in [0.25, 0.3) is 17.0 Å². The first kappa shape index (κ1) is 22.3. The number of ether oxygens (including phenoxy) is 1. The largest absolute Gasteiger partial charge is 0.497 e. The molecule has 4 amide bonds. The number of carbonyl (C=O) groups is 3. The number of pyridine rings is 1. The van der Waals surface area contributed by atoms with Gasteiger partial charge < -0.3 is 15.0 Å². The van der Waals surface area contributed by atoms with Crippen LogP contribution in [0.5, 0.6) is 5.75 Å². The maximum Gasteiger partial charge on any atom is 0.322 e. The highest BCUT2D eigenvalue weighted by Crippen LogP contribution is 2.32. The van der Waals surface area contributed by atoms with Gasteiger partial charge in [0.1, 0.15) is 5.75 Å². The van der Waals surface area contributed by atoms with Crippen molar-refractivity contribution in [2.45, 2.75) is 12.1 Å². The Balaban J connectivity index is 1.53. The minimum atomic E-state index is -1.40. The summed E-state index contributed by atoms with van der Waals surface area (Å²) in [6.45, 7) is 0.342. The van der Waals surface area contributed by atoms with Crippen molar-refractivity contribution >= 4 is 57.4 Å². The van der Waals surface area contributed by atoms with E-state index in [1.807, 2.05) is 48.5 Å². The number of hydrogen-bond acceptors (Lipinski definition) is 5. The predicted molar refractivity (Wildman–Crippen MR) is 136 cm³/mol. The summed E-state index contributed by atoms with van der Waals surface area (Å²) in [5, 5.41) is 6.17. The summed E-state index contributed by atoms with van der Waals surface area (Å²) in [6, 6.07) is 16.4. The van der Waals surface area contributed by atoms with Gasteiger partial charge >= 0.3 is 6.03 Å². The van der Waals surface area contributed by atoms with Crippen molar-refractivity contribution in [3.63, 3.8) is 0 Å². The second-order valence-corrected chi connectivity index (χ2v) is 8.99. The standard InChI is InChI=1S/C25H21IN4O4/c1-34-19-9-7-16-13-30(22(31)20(16)11-19)14-25(23(32)28-24(33)29-25)17(12-26)10-18-8-6-15-4-2-3-5-21(15)27-18/h2-11H,12-14H2,1H3,(H2,28,29,32,33)/b17-10+/t25-/m0/s1. The Morgan fingerprint density at radius 3 is 2.74 bits per heavy atom. The van der Waals surface area contributed by atoms with E-state index in [-0.39, 0.29) is 12.5 Å². The minimum absolute atomic E-state index is 0.00280. The first-order valence-electron chi connectivity index (χ1n) is 10.7. The SMILES string of the molecule is COc1ccc2c(c1)C(=O)N(C[C@@]1(/C(=C/c3ccc4ccccc4n3)CI)NC(=O)NC1=O)C2. The van der Waals surface area contributed by atoms with Crippen molar-refractivity contribution < 1.29 is 19.1 Å². The third kappa shape index (κ3) is 3.79. The summed E-state index contributed by atoms with van der Waals surface area (Å²) in [4.78, 5) is 44.9. The van der Waals surface area contributed by atoms with E-state index in [1.54, 1.807) is 24.1 Å². The molecule has 8 nitrogen and oxygen atoms in total. The van der Waals surface area contributed by atoms with Crippen LogP contribution in [0.2, 0.25) is 0 Å². The molecule has 1 fully saturated rings. The molecule has 0 spiro atoms. The van der Waals surface area contributed by atoms with Crippen LogP contribution in [-0.2, 0) is 11.3 Å². The summed E-state index contributed by atoms with van der Waals surface area (Å²) in [7, 11) is 1.55. The fourth-order valence-corrected chi connectivity index (χ4v) is 5.30. The Morgan fingerprint density at radius 2 is 2.00 bits per heavy atom. The monoisotopic (exact) mass is 568 g/mol. The minimum Gasteiger partial charge on any atom is -0.497 e. The second-order valence-electron chi connectivity index (χ2n) is 8.23. The van der Waals surface area contributed by atoms with Gasteiger partial charge in [-0.2, -0.15) is 0 Å². The number of nitrogens with one attached hydrogen (secondary N) is 2. The summed E-state index contributed by atoms with van der Waals surface area (Å²) in [6.07, 6.45) is 1.82. The lowest BCUT2D eigenvalue weighted by Crippen LogP contribution is -2.57. The van der Waals surface area contributed by atoms with Crippen LogP contribution in [0.1, 0.15) is 21.6 Å².